The number of aromatic amines is 1. The van der Waals surface area contributed by atoms with Crippen LogP contribution in [0.3, 0.4) is 0 Å². The summed E-state index contributed by atoms with van der Waals surface area (Å²) in [5, 5.41) is 4.40. The van der Waals surface area contributed by atoms with E-state index < -0.39 is 0 Å². The molecule has 0 atom stereocenters. The van der Waals surface area contributed by atoms with E-state index in [0.717, 1.165) is 32.0 Å². The van der Waals surface area contributed by atoms with Crippen LogP contribution in [0.2, 0.25) is 0 Å². The van der Waals surface area contributed by atoms with Crippen molar-refractivity contribution in [2.75, 3.05) is 5.32 Å². The number of hydrogen-bond donors (Lipinski definition) is 2. The molecule has 150 valence electrons. The molecule has 8 heteroatoms. The molecule has 0 spiro atoms. The van der Waals surface area contributed by atoms with Crippen molar-refractivity contribution in [1.82, 2.24) is 24.5 Å². The van der Waals surface area contributed by atoms with Gasteiger partial charge in [0.05, 0.1) is 28.1 Å². The minimum Gasteiger partial charge on any atom is -0.339 e. The van der Waals surface area contributed by atoms with E-state index in [9.17, 15) is 4.79 Å². The SMILES string of the molecule is Cc1ccc(Cn2c(Nc3cc4sc(C)nc4cc3C)nc(=O)c3[nH]cnc32)cc1. The Hall–Kier alpha value is -3.52. The molecular weight excluding hydrogens is 396 g/mol. The highest BCUT2D eigenvalue weighted by atomic mass is 32.1. The van der Waals surface area contributed by atoms with Gasteiger partial charge in [0, 0.05) is 5.69 Å². The Balaban J connectivity index is 1.64. The van der Waals surface area contributed by atoms with E-state index in [-0.39, 0.29) is 5.56 Å². The first-order valence-corrected chi connectivity index (χ1v) is 10.4. The topological polar surface area (TPSA) is 88.5 Å². The van der Waals surface area contributed by atoms with E-state index in [1.807, 2.05) is 18.4 Å². The molecule has 5 rings (SSSR count). The molecule has 0 aliphatic carbocycles. The number of hydrogen-bond acceptors (Lipinski definition) is 6. The molecule has 0 radical (unpaired) electrons. The summed E-state index contributed by atoms with van der Waals surface area (Å²) in [6.07, 6.45) is 1.53. The Morgan fingerprint density at radius 1 is 1.10 bits per heavy atom. The Morgan fingerprint density at radius 3 is 2.70 bits per heavy atom. The fourth-order valence-corrected chi connectivity index (χ4v) is 4.38. The van der Waals surface area contributed by atoms with Crippen LogP contribution in [-0.2, 0) is 6.54 Å². The number of H-pyrrole nitrogens is 1. The lowest BCUT2D eigenvalue weighted by Gasteiger charge is -2.16. The summed E-state index contributed by atoms with van der Waals surface area (Å²) in [5.41, 5.74) is 5.85. The second kappa shape index (κ2) is 7.07. The molecule has 0 amide bonds. The van der Waals surface area contributed by atoms with Crippen LogP contribution in [0.4, 0.5) is 11.6 Å². The van der Waals surface area contributed by atoms with Crippen molar-refractivity contribution in [2.24, 2.45) is 0 Å². The largest absolute Gasteiger partial charge is 0.339 e. The van der Waals surface area contributed by atoms with Crippen molar-refractivity contribution in [3.63, 3.8) is 0 Å². The highest BCUT2D eigenvalue weighted by Gasteiger charge is 2.15. The van der Waals surface area contributed by atoms with Gasteiger partial charge in [-0.15, -0.1) is 11.3 Å². The van der Waals surface area contributed by atoms with Crippen LogP contribution in [-0.4, -0.2) is 24.5 Å². The Morgan fingerprint density at radius 2 is 1.90 bits per heavy atom. The van der Waals surface area contributed by atoms with Crippen LogP contribution in [0, 0.1) is 20.8 Å². The summed E-state index contributed by atoms with van der Waals surface area (Å²) in [5.74, 6) is 0.462. The van der Waals surface area contributed by atoms with Gasteiger partial charge in [-0.3, -0.25) is 9.36 Å². The smallest absolute Gasteiger partial charge is 0.300 e. The average molecular weight is 417 g/mol. The predicted octanol–water partition coefficient (Wildman–Crippen LogP) is 4.45. The predicted molar refractivity (Wildman–Crippen MR) is 121 cm³/mol. The van der Waals surface area contributed by atoms with Gasteiger partial charge in [-0.1, -0.05) is 29.8 Å². The summed E-state index contributed by atoms with van der Waals surface area (Å²) in [6.45, 7) is 6.62. The van der Waals surface area contributed by atoms with Gasteiger partial charge < -0.3 is 10.3 Å². The van der Waals surface area contributed by atoms with E-state index in [4.69, 9.17) is 0 Å². The van der Waals surface area contributed by atoms with Crippen LogP contribution in [0.25, 0.3) is 21.4 Å². The minimum atomic E-state index is -0.336. The normalized spacial score (nSPS) is 11.4. The fourth-order valence-electron chi connectivity index (χ4n) is 3.53. The summed E-state index contributed by atoms with van der Waals surface area (Å²) in [4.78, 5) is 28.7. The Bertz CT molecular complexity index is 1440. The van der Waals surface area contributed by atoms with Crippen molar-refractivity contribution < 1.29 is 0 Å². The lowest BCUT2D eigenvalue weighted by atomic mass is 10.1. The molecule has 3 heterocycles. The van der Waals surface area contributed by atoms with Crippen molar-refractivity contribution in [2.45, 2.75) is 27.3 Å². The van der Waals surface area contributed by atoms with Crippen LogP contribution in [0.5, 0.6) is 0 Å². The van der Waals surface area contributed by atoms with E-state index in [1.54, 1.807) is 11.3 Å². The highest BCUT2D eigenvalue weighted by Crippen LogP contribution is 2.29. The maximum Gasteiger partial charge on any atom is 0.300 e. The van der Waals surface area contributed by atoms with E-state index in [1.165, 1.54) is 11.9 Å². The zero-order chi connectivity index (χ0) is 20.8. The third kappa shape index (κ3) is 3.25. The molecule has 0 saturated carbocycles. The zero-order valence-electron chi connectivity index (χ0n) is 16.9. The molecule has 7 nitrogen and oxygen atoms in total. The first-order chi connectivity index (χ1) is 14.5. The molecule has 30 heavy (non-hydrogen) atoms. The van der Waals surface area contributed by atoms with Crippen LogP contribution in [0.15, 0.2) is 47.5 Å². The van der Waals surface area contributed by atoms with Gasteiger partial charge in [0.15, 0.2) is 11.2 Å². The molecule has 0 saturated heterocycles. The lowest BCUT2D eigenvalue weighted by Crippen LogP contribution is -2.18. The van der Waals surface area contributed by atoms with Crippen LogP contribution >= 0.6 is 11.3 Å². The number of thiazole rings is 1. The first kappa shape index (κ1) is 18.5. The molecule has 0 fully saturated rings. The van der Waals surface area contributed by atoms with E-state index in [2.05, 4.69) is 68.6 Å². The van der Waals surface area contributed by atoms with Gasteiger partial charge in [0.2, 0.25) is 5.95 Å². The van der Waals surface area contributed by atoms with E-state index in [0.29, 0.717) is 23.7 Å². The molecule has 2 N–H and O–H groups in total. The zero-order valence-corrected chi connectivity index (χ0v) is 17.7. The fraction of sp³-hybridized carbons (Fsp3) is 0.182. The summed E-state index contributed by atoms with van der Waals surface area (Å²) in [7, 11) is 0. The first-order valence-electron chi connectivity index (χ1n) is 9.62. The molecule has 0 unspecified atom stereocenters. The number of nitrogens with one attached hydrogen (secondary N) is 2. The number of aryl methyl sites for hydroxylation is 3. The van der Waals surface area contributed by atoms with Gasteiger partial charge in [-0.05, 0) is 44.0 Å². The molecule has 0 bridgehead atoms. The Kier molecular flexibility index (Phi) is 4.36. The quantitative estimate of drug-likeness (QED) is 0.452. The molecule has 2 aromatic carbocycles. The number of imidazole rings is 1. The van der Waals surface area contributed by atoms with Crippen LogP contribution < -0.4 is 10.9 Å². The van der Waals surface area contributed by atoms with Crippen molar-refractivity contribution in [1.29, 1.82) is 0 Å². The van der Waals surface area contributed by atoms with Gasteiger partial charge in [0.25, 0.3) is 0 Å². The number of fused-ring (bicyclic) bond motifs is 2. The Labute approximate surface area is 176 Å². The molecule has 0 aliphatic heterocycles. The number of aromatic nitrogens is 5. The second-order valence-corrected chi connectivity index (χ2v) is 8.64. The lowest BCUT2D eigenvalue weighted by molar-refractivity contribution is 0.801. The number of anilines is 2. The van der Waals surface area contributed by atoms with Gasteiger partial charge >= 0.3 is 5.56 Å². The third-order valence-corrected chi connectivity index (χ3v) is 6.03. The van der Waals surface area contributed by atoms with Crippen LogP contribution in [0.1, 0.15) is 21.7 Å². The maximum absolute atomic E-state index is 12.6. The summed E-state index contributed by atoms with van der Waals surface area (Å²) >= 11 is 1.64. The van der Waals surface area contributed by atoms with E-state index >= 15 is 0 Å². The molecular formula is C22H20N6OS. The van der Waals surface area contributed by atoms with Gasteiger partial charge in [0.1, 0.15) is 0 Å². The molecule has 3 aromatic heterocycles. The standard InChI is InChI=1S/C22H20N6OS/c1-12-4-6-15(7-5-12)10-28-20-19(23-11-24-20)21(29)27-22(28)26-16-9-18-17(8-13(16)2)25-14(3)30-18/h4-9,11H,10H2,1-3H3,(H,23,24)(H,26,27,29). The van der Waals surface area contributed by atoms with Crippen molar-refractivity contribution >= 4 is 44.4 Å². The monoisotopic (exact) mass is 416 g/mol. The number of nitrogens with zero attached hydrogens (tertiary/aromatic N) is 4. The summed E-state index contributed by atoms with van der Waals surface area (Å²) < 4.78 is 3.02. The third-order valence-electron chi connectivity index (χ3n) is 5.10. The molecule has 0 aliphatic rings. The minimum absolute atomic E-state index is 0.336. The van der Waals surface area contributed by atoms with Gasteiger partial charge in [-0.25, -0.2) is 9.97 Å². The molecule has 5 aromatic rings. The summed E-state index contributed by atoms with van der Waals surface area (Å²) in [6, 6.07) is 12.4. The number of benzene rings is 2. The highest BCUT2D eigenvalue weighted by molar-refractivity contribution is 7.18. The maximum atomic E-state index is 12.6. The van der Waals surface area contributed by atoms with Crippen molar-refractivity contribution in [3.05, 3.63) is 74.8 Å². The van der Waals surface area contributed by atoms with Crippen molar-refractivity contribution in [3.8, 4) is 0 Å². The van der Waals surface area contributed by atoms with Gasteiger partial charge in [-0.2, -0.15) is 4.98 Å². The average Bonchev–Trinajstić information content (AvgIpc) is 3.33. The second-order valence-electron chi connectivity index (χ2n) is 7.41. The number of rotatable bonds is 4.